The third-order valence-corrected chi connectivity index (χ3v) is 6.25. The fourth-order valence-corrected chi connectivity index (χ4v) is 4.52. The standard InChI is InChI=1S/C21H20BrN5O3S/c1-30-16-8-3-7-15(12-16)23-21(29)27-10-4-9-17(27)18(28)24-20-26-25-19(31-20)13-5-2-6-14(22)11-13/h2-3,5-8,11-12,17H,4,9-10H2,1H3,(H,23,29)(H,24,26,28)/t17-/m0/s1. The number of amides is 3. The number of benzene rings is 2. The summed E-state index contributed by atoms with van der Waals surface area (Å²) in [5.41, 5.74) is 1.52. The van der Waals surface area contributed by atoms with Crippen LogP contribution in [0.4, 0.5) is 15.6 Å². The van der Waals surface area contributed by atoms with Crippen molar-refractivity contribution in [3.8, 4) is 16.3 Å². The van der Waals surface area contributed by atoms with Crippen LogP contribution in [0.25, 0.3) is 10.6 Å². The van der Waals surface area contributed by atoms with E-state index in [0.29, 0.717) is 34.5 Å². The number of hydrogen-bond donors (Lipinski definition) is 2. The van der Waals surface area contributed by atoms with Gasteiger partial charge in [0.15, 0.2) is 0 Å². The number of nitrogens with one attached hydrogen (secondary N) is 2. The van der Waals surface area contributed by atoms with Crippen LogP contribution in [0.1, 0.15) is 12.8 Å². The van der Waals surface area contributed by atoms with E-state index in [9.17, 15) is 9.59 Å². The van der Waals surface area contributed by atoms with E-state index in [-0.39, 0.29) is 11.9 Å². The Hall–Kier alpha value is -2.98. The Morgan fingerprint density at radius 3 is 2.81 bits per heavy atom. The highest BCUT2D eigenvalue weighted by Crippen LogP contribution is 2.29. The van der Waals surface area contributed by atoms with Crippen molar-refractivity contribution >= 4 is 50.0 Å². The van der Waals surface area contributed by atoms with Crippen molar-refractivity contribution < 1.29 is 14.3 Å². The second kappa shape index (κ2) is 9.44. The maximum Gasteiger partial charge on any atom is 0.322 e. The summed E-state index contributed by atoms with van der Waals surface area (Å²) >= 11 is 4.73. The van der Waals surface area contributed by atoms with Crippen LogP contribution in [0.2, 0.25) is 0 Å². The number of urea groups is 1. The fraction of sp³-hybridized carbons (Fsp3) is 0.238. The molecule has 0 bridgehead atoms. The van der Waals surface area contributed by atoms with Crippen LogP contribution in [-0.4, -0.2) is 46.7 Å². The van der Waals surface area contributed by atoms with Crippen molar-refractivity contribution in [2.45, 2.75) is 18.9 Å². The van der Waals surface area contributed by atoms with E-state index in [2.05, 4.69) is 36.8 Å². The molecule has 1 aliphatic heterocycles. The van der Waals surface area contributed by atoms with Crippen molar-refractivity contribution in [2.75, 3.05) is 24.3 Å². The molecule has 1 atom stereocenters. The molecule has 10 heteroatoms. The first kappa shape index (κ1) is 21.3. The first-order valence-electron chi connectivity index (χ1n) is 9.65. The molecule has 0 saturated carbocycles. The van der Waals surface area contributed by atoms with Gasteiger partial charge < -0.3 is 15.0 Å². The molecule has 1 aliphatic rings. The van der Waals surface area contributed by atoms with Gasteiger partial charge in [-0.3, -0.25) is 10.1 Å². The summed E-state index contributed by atoms with van der Waals surface area (Å²) < 4.78 is 6.12. The fourth-order valence-electron chi connectivity index (χ4n) is 3.38. The SMILES string of the molecule is COc1cccc(NC(=O)N2CCC[C@H]2C(=O)Nc2nnc(-c3cccc(Br)c3)s2)c1. The summed E-state index contributed by atoms with van der Waals surface area (Å²) in [7, 11) is 1.57. The van der Waals surface area contributed by atoms with Gasteiger partial charge in [-0.15, -0.1) is 10.2 Å². The molecule has 4 rings (SSSR count). The molecule has 160 valence electrons. The Balaban J connectivity index is 1.41. The van der Waals surface area contributed by atoms with E-state index >= 15 is 0 Å². The predicted octanol–water partition coefficient (Wildman–Crippen LogP) is 4.61. The molecule has 0 aliphatic carbocycles. The average molecular weight is 502 g/mol. The lowest BCUT2D eigenvalue weighted by Crippen LogP contribution is -2.45. The molecule has 0 unspecified atom stereocenters. The number of ether oxygens (including phenoxy) is 1. The first-order valence-corrected chi connectivity index (χ1v) is 11.3. The Bertz CT molecular complexity index is 1110. The minimum Gasteiger partial charge on any atom is -0.497 e. The Morgan fingerprint density at radius 2 is 2.00 bits per heavy atom. The number of aromatic nitrogens is 2. The number of likely N-dealkylation sites (tertiary alicyclic amines) is 1. The van der Waals surface area contributed by atoms with Crippen LogP contribution < -0.4 is 15.4 Å². The molecular weight excluding hydrogens is 482 g/mol. The molecule has 2 N–H and O–H groups in total. The number of hydrogen-bond acceptors (Lipinski definition) is 6. The molecule has 31 heavy (non-hydrogen) atoms. The molecule has 2 aromatic carbocycles. The average Bonchev–Trinajstić information content (AvgIpc) is 3.44. The largest absolute Gasteiger partial charge is 0.497 e. The highest BCUT2D eigenvalue weighted by Gasteiger charge is 2.34. The van der Waals surface area contributed by atoms with E-state index in [4.69, 9.17) is 4.74 Å². The molecule has 1 saturated heterocycles. The Labute approximate surface area is 191 Å². The molecule has 8 nitrogen and oxygen atoms in total. The normalized spacial score (nSPS) is 15.5. The van der Waals surface area contributed by atoms with E-state index in [1.54, 1.807) is 36.3 Å². The first-order chi connectivity index (χ1) is 15.0. The lowest BCUT2D eigenvalue weighted by Gasteiger charge is -2.23. The van der Waals surface area contributed by atoms with Gasteiger partial charge in [0.25, 0.3) is 0 Å². The second-order valence-electron chi connectivity index (χ2n) is 6.93. The highest BCUT2D eigenvalue weighted by atomic mass is 79.9. The zero-order valence-corrected chi connectivity index (χ0v) is 19.1. The van der Waals surface area contributed by atoms with Gasteiger partial charge in [0.1, 0.15) is 16.8 Å². The molecule has 1 aromatic heterocycles. The van der Waals surface area contributed by atoms with Crippen LogP contribution >= 0.6 is 27.3 Å². The monoisotopic (exact) mass is 501 g/mol. The van der Waals surface area contributed by atoms with Gasteiger partial charge >= 0.3 is 6.03 Å². The maximum absolute atomic E-state index is 12.9. The summed E-state index contributed by atoms with van der Waals surface area (Å²) in [4.78, 5) is 27.2. The number of carbonyl (C=O) groups is 2. The van der Waals surface area contributed by atoms with E-state index < -0.39 is 6.04 Å². The predicted molar refractivity (Wildman–Crippen MR) is 123 cm³/mol. The van der Waals surface area contributed by atoms with Gasteiger partial charge in [-0.25, -0.2) is 4.79 Å². The topological polar surface area (TPSA) is 96.5 Å². The van der Waals surface area contributed by atoms with E-state index in [1.165, 1.54) is 11.3 Å². The summed E-state index contributed by atoms with van der Waals surface area (Å²) in [5, 5.41) is 15.0. The Kier molecular flexibility index (Phi) is 6.47. The molecule has 0 radical (unpaired) electrons. The van der Waals surface area contributed by atoms with Gasteiger partial charge in [-0.2, -0.15) is 0 Å². The van der Waals surface area contributed by atoms with Crippen LogP contribution in [-0.2, 0) is 4.79 Å². The summed E-state index contributed by atoms with van der Waals surface area (Å²) in [6, 6.07) is 13.9. The van der Waals surface area contributed by atoms with E-state index in [1.807, 2.05) is 24.3 Å². The minimum atomic E-state index is -0.566. The van der Waals surface area contributed by atoms with Crippen LogP contribution in [0, 0.1) is 0 Å². The van der Waals surface area contributed by atoms with Gasteiger partial charge in [0, 0.05) is 28.3 Å². The second-order valence-corrected chi connectivity index (χ2v) is 8.82. The molecule has 1 fully saturated rings. The van der Waals surface area contributed by atoms with Crippen molar-refractivity contribution in [1.29, 1.82) is 0 Å². The molecular formula is C21H20BrN5O3S. The van der Waals surface area contributed by atoms with Crippen molar-refractivity contribution in [3.05, 3.63) is 53.0 Å². The van der Waals surface area contributed by atoms with Crippen LogP contribution in [0.5, 0.6) is 5.75 Å². The number of rotatable bonds is 5. The zero-order valence-electron chi connectivity index (χ0n) is 16.7. The quantitative estimate of drug-likeness (QED) is 0.531. The van der Waals surface area contributed by atoms with Crippen LogP contribution in [0.15, 0.2) is 53.0 Å². The maximum atomic E-state index is 12.9. The van der Waals surface area contributed by atoms with Gasteiger partial charge in [0.2, 0.25) is 11.0 Å². The van der Waals surface area contributed by atoms with E-state index in [0.717, 1.165) is 16.5 Å². The van der Waals surface area contributed by atoms with Gasteiger partial charge in [-0.1, -0.05) is 45.5 Å². The summed E-state index contributed by atoms with van der Waals surface area (Å²) in [6.45, 7) is 0.507. The minimum absolute atomic E-state index is 0.268. The smallest absolute Gasteiger partial charge is 0.322 e. The number of anilines is 2. The highest BCUT2D eigenvalue weighted by molar-refractivity contribution is 9.10. The Morgan fingerprint density at radius 1 is 1.16 bits per heavy atom. The van der Waals surface area contributed by atoms with Crippen molar-refractivity contribution in [1.82, 2.24) is 15.1 Å². The zero-order chi connectivity index (χ0) is 21.8. The number of halogens is 1. The number of carbonyl (C=O) groups excluding carboxylic acids is 2. The third kappa shape index (κ3) is 5.02. The van der Waals surface area contributed by atoms with Gasteiger partial charge in [-0.05, 0) is 37.1 Å². The summed E-state index contributed by atoms with van der Waals surface area (Å²) in [6.07, 6.45) is 1.34. The van der Waals surface area contributed by atoms with Gasteiger partial charge in [0.05, 0.1) is 7.11 Å². The lowest BCUT2D eigenvalue weighted by molar-refractivity contribution is -0.119. The molecule has 2 heterocycles. The lowest BCUT2D eigenvalue weighted by atomic mass is 10.2. The molecule has 3 amide bonds. The van der Waals surface area contributed by atoms with Crippen molar-refractivity contribution in [3.63, 3.8) is 0 Å². The number of nitrogens with zero attached hydrogens (tertiary/aromatic N) is 3. The van der Waals surface area contributed by atoms with Crippen molar-refractivity contribution in [2.24, 2.45) is 0 Å². The molecule has 3 aromatic rings. The van der Waals surface area contributed by atoms with Crippen LogP contribution in [0.3, 0.4) is 0 Å². The molecule has 0 spiro atoms. The summed E-state index contributed by atoms with van der Waals surface area (Å²) in [5.74, 6) is 0.376. The third-order valence-electron chi connectivity index (χ3n) is 4.86. The number of methoxy groups -OCH3 is 1.